The third kappa shape index (κ3) is 1.98. The Kier molecular flexibility index (Phi) is 2.19. The van der Waals surface area contributed by atoms with Gasteiger partial charge in [0.2, 0.25) is 0 Å². The maximum atomic E-state index is 5.59. The van der Waals surface area contributed by atoms with E-state index in [1.807, 2.05) is 12.1 Å². The topological polar surface area (TPSA) is 34.1 Å². The second kappa shape index (κ2) is 3.34. The Bertz CT molecular complexity index is 270. The van der Waals surface area contributed by atoms with E-state index in [4.69, 9.17) is 4.74 Å². The van der Waals surface area contributed by atoms with Crippen LogP contribution in [0.4, 0.5) is 0 Å². The van der Waals surface area contributed by atoms with Gasteiger partial charge in [-0.3, -0.25) is 4.98 Å². The minimum Gasteiger partial charge on any atom is -0.490 e. The fourth-order valence-electron chi connectivity index (χ4n) is 1.35. The Labute approximate surface area is 78.1 Å². The van der Waals surface area contributed by atoms with E-state index < -0.39 is 0 Å². The number of pyridine rings is 1. The molecule has 1 aromatic heterocycles. The SMILES string of the molecule is CC1(COc2cccnc2)CCN1. The quantitative estimate of drug-likeness (QED) is 0.755. The number of nitrogens with zero attached hydrogens (tertiary/aromatic N) is 1. The normalized spacial score (nSPS) is 26.5. The summed E-state index contributed by atoms with van der Waals surface area (Å²) in [5.41, 5.74) is 0.176. The number of ether oxygens (including phenoxy) is 1. The van der Waals surface area contributed by atoms with Gasteiger partial charge in [-0.2, -0.15) is 0 Å². The minimum absolute atomic E-state index is 0.176. The van der Waals surface area contributed by atoms with Crippen molar-refractivity contribution in [3.63, 3.8) is 0 Å². The van der Waals surface area contributed by atoms with Crippen LogP contribution in [0.3, 0.4) is 0 Å². The summed E-state index contributed by atoms with van der Waals surface area (Å²) in [6, 6.07) is 3.81. The van der Waals surface area contributed by atoms with E-state index in [1.54, 1.807) is 12.4 Å². The monoisotopic (exact) mass is 178 g/mol. The molecule has 0 spiro atoms. The fraction of sp³-hybridized carbons (Fsp3) is 0.500. The van der Waals surface area contributed by atoms with Crippen LogP contribution in [0.2, 0.25) is 0 Å². The molecule has 0 saturated carbocycles. The Morgan fingerprint density at radius 1 is 1.69 bits per heavy atom. The van der Waals surface area contributed by atoms with Gasteiger partial charge >= 0.3 is 0 Å². The summed E-state index contributed by atoms with van der Waals surface area (Å²) in [6.07, 6.45) is 4.67. The summed E-state index contributed by atoms with van der Waals surface area (Å²) in [7, 11) is 0. The summed E-state index contributed by atoms with van der Waals surface area (Å²) in [6.45, 7) is 4.00. The molecule has 3 nitrogen and oxygen atoms in total. The van der Waals surface area contributed by atoms with E-state index in [2.05, 4.69) is 17.2 Å². The van der Waals surface area contributed by atoms with Crippen molar-refractivity contribution < 1.29 is 4.74 Å². The molecule has 3 heteroatoms. The third-order valence-electron chi connectivity index (χ3n) is 2.42. The summed E-state index contributed by atoms with van der Waals surface area (Å²) in [5, 5.41) is 3.35. The van der Waals surface area contributed by atoms with Crippen LogP contribution in [0.15, 0.2) is 24.5 Å². The third-order valence-corrected chi connectivity index (χ3v) is 2.42. The number of aromatic nitrogens is 1. The van der Waals surface area contributed by atoms with Crippen molar-refractivity contribution in [2.24, 2.45) is 0 Å². The Morgan fingerprint density at radius 2 is 2.54 bits per heavy atom. The second-order valence-corrected chi connectivity index (χ2v) is 3.71. The highest BCUT2D eigenvalue weighted by Crippen LogP contribution is 2.19. The van der Waals surface area contributed by atoms with Gasteiger partial charge in [-0.15, -0.1) is 0 Å². The van der Waals surface area contributed by atoms with Crippen molar-refractivity contribution >= 4 is 0 Å². The van der Waals surface area contributed by atoms with Gasteiger partial charge in [-0.25, -0.2) is 0 Å². The van der Waals surface area contributed by atoms with Crippen molar-refractivity contribution in [2.75, 3.05) is 13.2 Å². The van der Waals surface area contributed by atoms with Gasteiger partial charge in [0, 0.05) is 6.20 Å². The molecule has 1 aliphatic heterocycles. The molecule has 1 atom stereocenters. The smallest absolute Gasteiger partial charge is 0.137 e. The summed E-state index contributed by atoms with van der Waals surface area (Å²) < 4.78 is 5.59. The maximum Gasteiger partial charge on any atom is 0.137 e. The van der Waals surface area contributed by atoms with E-state index in [-0.39, 0.29) is 5.54 Å². The predicted octanol–water partition coefficient (Wildman–Crippen LogP) is 1.21. The Balaban J connectivity index is 1.86. The lowest BCUT2D eigenvalue weighted by Gasteiger charge is -2.39. The van der Waals surface area contributed by atoms with Crippen molar-refractivity contribution in [3.8, 4) is 5.75 Å². The van der Waals surface area contributed by atoms with Gasteiger partial charge in [0.1, 0.15) is 12.4 Å². The minimum atomic E-state index is 0.176. The molecule has 1 aliphatic rings. The van der Waals surface area contributed by atoms with E-state index >= 15 is 0 Å². The zero-order valence-corrected chi connectivity index (χ0v) is 7.79. The van der Waals surface area contributed by atoms with Crippen LogP contribution in [0.5, 0.6) is 5.75 Å². The van der Waals surface area contributed by atoms with Crippen molar-refractivity contribution in [2.45, 2.75) is 18.9 Å². The van der Waals surface area contributed by atoms with Gasteiger partial charge < -0.3 is 10.1 Å². The molecular formula is C10H14N2O. The van der Waals surface area contributed by atoms with Crippen LogP contribution in [-0.4, -0.2) is 23.7 Å². The summed E-state index contributed by atoms with van der Waals surface area (Å²) >= 11 is 0. The van der Waals surface area contributed by atoms with Crippen molar-refractivity contribution in [1.29, 1.82) is 0 Å². The molecule has 0 radical (unpaired) electrons. The fourth-order valence-corrected chi connectivity index (χ4v) is 1.35. The molecule has 13 heavy (non-hydrogen) atoms. The van der Waals surface area contributed by atoms with E-state index in [0.717, 1.165) is 18.9 Å². The average Bonchev–Trinajstić information content (AvgIpc) is 2.13. The molecule has 1 aromatic rings. The van der Waals surface area contributed by atoms with Crippen LogP contribution >= 0.6 is 0 Å². The molecule has 0 aliphatic carbocycles. The number of nitrogens with one attached hydrogen (secondary N) is 1. The van der Waals surface area contributed by atoms with Gasteiger partial charge in [-0.05, 0) is 32.0 Å². The lowest BCUT2D eigenvalue weighted by molar-refractivity contribution is 0.132. The number of hydrogen-bond donors (Lipinski definition) is 1. The van der Waals surface area contributed by atoms with E-state index in [0.29, 0.717) is 0 Å². The molecule has 2 heterocycles. The number of rotatable bonds is 3. The molecule has 1 unspecified atom stereocenters. The van der Waals surface area contributed by atoms with Crippen LogP contribution < -0.4 is 10.1 Å². The van der Waals surface area contributed by atoms with Gasteiger partial charge in [0.05, 0.1) is 11.7 Å². The standard InChI is InChI=1S/C10H14N2O/c1-10(4-6-12-10)8-13-9-3-2-5-11-7-9/h2-3,5,7,12H,4,6,8H2,1H3. The highest BCUT2D eigenvalue weighted by molar-refractivity contribution is 5.16. The van der Waals surface area contributed by atoms with Gasteiger partial charge in [0.25, 0.3) is 0 Å². The van der Waals surface area contributed by atoms with E-state index in [9.17, 15) is 0 Å². The first-order valence-corrected chi connectivity index (χ1v) is 4.56. The zero-order chi connectivity index (χ0) is 9.15. The molecule has 0 aromatic carbocycles. The molecular weight excluding hydrogens is 164 g/mol. The predicted molar refractivity (Wildman–Crippen MR) is 50.8 cm³/mol. The van der Waals surface area contributed by atoms with Crippen LogP contribution in [-0.2, 0) is 0 Å². The second-order valence-electron chi connectivity index (χ2n) is 3.71. The lowest BCUT2D eigenvalue weighted by Crippen LogP contribution is -2.58. The molecule has 2 rings (SSSR count). The number of hydrogen-bond acceptors (Lipinski definition) is 3. The average molecular weight is 178 g/mol. The van der Waals surface area contributed by atoms with Crippen LogP contribution in [0, 0.1) is 0 Å². The molecule has 0 bridgehead atoms. The molecule has 0 amide bonds. The first-order valence-electron chi connectivity index (χ1n) is 4.56. The van der Waals surface area contributed by atoms with Gasteiger partial charge in [-0.1, -0.05) is 0 Å². The lowest BCUT2D eigenvalue weighted by atomic mass is 9.91. The van der Waals surface area contributed by atoms with E-state index in [1.165, 1.54) is 6.42 Å². The Morgan fingerprint density at radius 3 is 3.08 bits per heavy atom. The largest absolute Gasteiger partial charge is 0.490 e. The first-order chi connectivity index (χ1) is 6.29. The van der Waals surface area contributed by atoms with Crippen molar-refractivity contribution in [3.05, 3.63) is 24.5 Å². The highest BCUT2D eigenvalue weighted by atomic mass is 16.5. The molecule has 70 valence electrons. The molecule has 1 N–H and O–H groups in total. The molecule has 1 saturated heterocycles. The zero-order valence-electron chi connectivity index (χ0n) is 7.79. The molecule has 1 fully saturated rings. The summed E-state index contributed by atoms with van der Waals surface area (Å²) in [4.78, 5) is 3.98. The van der Waals surface area contributed by atoms with Crippen molar-refractivity contribution in [1.82, 2.24) is 10.3 Å². The van der Waals surface area contributed by atoms with Crippen LogP contribution in [0.25, 0.3) is 0 Å². The first kappa shape index (κ1) is 8.51. The van der Waals surface area contributed by atoms with Gasteiger partial charge in [0.15, 0.2) is 0 Å². The Hall–Kier alpha value is -1.09. The summed E-state index contributed by atoms with van der Waals surface area (Å²) in [5.74, 6) is 0.845. The maximum absolute atomic E-state index is 5.59. The highest BCUT2D eigenvalue weighted by Gasteiger charge is 2.31. The van der Waals surface area contributed by atoms with Crippen LogP contribution in [0.1, 0.15) is 13.3 Å².